The molecule has 0 saturated heterocycles. The lowest BCUT2D eigenvalue weighted by molar-refractivity contribution is -0.144. The molecular weight excluding hydrogens is 269 g/mol. The van der Waals surface area contributed by atoms with Crippen molar-refractivity contribution in [3.8, 4) is 6.07 Å². The average Bonchev–Trinajstić information content (AvgIpc) is 2.28. The van der Waals surface area contributed by atoms with Crippen molar-refractivity contribution >= 4 is 17.4 Å². The minimum Gasteiger partial charge on any atom is -0.356 e. The highest BCUT2D eigenvalue weighted by Crippen LogP contribution is 2.29. The fraction of sp³-hybridized carbons (Fsp3) is 0.500. The van der Waals surface area contributed by atoms with Crippen LogP contribution in [0, 0.1) is 11.3 Å². The summed E-state index contributed by atoms with van der Waals surface area (Å²) < 4.78 is 37.5. The van der Waals surface area contributed by atoms with Crippen molar-refractivity contribution in [1.82, 2.24) is 9.97 Å². The molecule has 0 radical (unpaired) electrons. The number of nitrogens with zero attached hydrogens (tertiary/aromatic N) is 4. The Hall–Kier alpha value is -1.55. The van der Waals surface area contributed by atoms with Crippen molar-refractivity contribution < 1.29 is 13.2 Å². The molecule has 0 saturated carbocycles. The molecule has 18 heavy (non-hydrogen) atoms. The average molecular weight is 279 g/mol. The van der Waals surface area contributed by atoms with Crippen LogP contribution in [-0.4, -0.2) is 23.1 Å². The molecular formula is C10H10ClF3N4. The van der Waals surface area contributed by atoms with E-state index in [2.05, 4.69) is 9.97 Å². The third-order valence-corrected chi connectivity index (χ3v) is 2.33. The summed E-state index contributed by atoms with van der Waals surface area (Å²) >= 11 is 5.55. The molecule has 0 aliphatic carbocycles. The number of hydrogen-bond acceptors (Lipinski definition) is 4. The van der Waals surface area contributed by atoms with E-state index in [9.17, 15) is 13.2 Å². The molecule has 98 valence electrons. The van der Waals surface area contributed by atoms with E-state index < -0.39 is 12.0 Å². The Morgan fingerprint density at radius 2 is 2.11 bits per heavy atom. The Labute approximate surface area is 107 Å². The smallest absolute Gasteiger partial charge is 0.356 e. The highest BCUT2D eigenvalue weighted by molar-refractivity contribution is 6.29. The monoisotopic (exact) mass is 278 g/mol. The van der Waals surface area contributed by atoms with Crippen molar-refractivity contribution in [3.63, 3.8) is 0 Å². The maximum absolute atomic E-state index is 12.5. The topological polar surface area (TPSA) is 52.8 Å². The Morgan fingerprint density at radius 3 is 2.61 bits per heavy atom. The van der Waals surface area contributed by atoms with Gasteiger partial charge in [0.2, 0.25) is 5.82 Å². The molecule has 0 aliphatic heterocycles. The number of hydrogen-bond donors (Lipinski definition) is 0. The van der Waals surface area contributed by atoms with E-state index in [0.717, 1.165) is 0 Å². The highest BCUT2D eigenvalue weighted by Gasteiger charge is 2.35. The predicted octanol–water partition coefficient (Wildman–Crippen LogP) is 2.89. The van der Waals surface area contributed by atoms with Gasteiger partial charge in [-0.15, -0.1) is 0 Å². The van der Waals surface area contributed by atoms with Gasteiger partial charge in [-0.05, 0) is 6.92 Å². The van der Waals surface area contributed by atoms with E-state index in [1.54, 1.807) is 6.92 Å². The molecule has 0 aromatic carbocycles. The number of nitriles is 1. The molecule has 0 unspecified atom stereocenters. The standard InChI is InChI=1S/C10H10ClF3N4/c1-2-18(5-3-4-15)8-6-7(11)16-9(17-8)10(12,13)14/h6H,2-3,5H2,1H3. The van der Waals surface area contributed by atoms with E-state index in [4.69, 9.17) is 16.9 Å². The second kappa shape index (κ2) is 5.87. The summed E-state index contributed by atoms with van der Waals surface area (Å²) in [5.74, 6) is -1.21. The molecule has 1 rings (SSSR count). The normalized spacial score (nSPS) is 11.1. The molecule has 0 spiro atoms. The van der Waals surface area contributed by atoms with Gasteiger partial charge in [-0.1, -0.05) is 11.6 Å². The van der Waals surface area contributed by atoms with Crippen LogP contribution in [0.1, 0.15) is 19.2 Å². The molecule has 0 atom stereocenters. The largest absolute Gasteiger partial charge is 0.451 e. The molecule has 1 aromatic rings. The third kappa shape index (κ3) is 3.74. The molecule has 0 bridgehead atoms. The van der Waals surface area contributed by atoms with Crippen molar-refractivity contribution in [2.45, 2.75) is 19.5 Å². The van der Waals surface area contributed by atoms with Crippen LogP contribution in [0.2, 0.25) is 5.15 Å². The first-order valence-electron chi connectivity index (χ1n) is 5.12. The predicted molar refractivity (Wildman–Crippen MR) is 60.2 cm³/mol. The van der Waals surface area contributed by atoms with Gasteiger partial charge in [-0.25, -0.2) is 9.97 Å². The Kier molecular flexibility index (Phi) is 4.73. The van der Waals surface area contributed by atoms with Gasteiger partial charge < -0.3 is 4.90 Å². The van der Waals surface area contributed by atoms with Crippen LogP contribution in [-0.2, 0) is 6.18 Å². The summed E-state index contributed by atoms with van der Waals surface area (Å²) in [5.41, 5.74) is 0. The molecule has 4 nitrogen and oxygen atoms in total. The van der Waals surface area contributed by atoms with Gasteiger partial charge in [0.25, 0.3) is 0 Å². The summed E-state index contributed by atoms with van der Waals surface area (Å²) in [4.78, 5) is 8.10. The quantitative estimate of drug-likeness (QED) is 0.795. The maximum Gasteiger partial charge on any atom is 0.451 e. The maximum atomic E-state index is 12.5. The van der Waals surface area contributed by atoms with Crippen LogP contribution >= 0.6 is 11.6 Å². The lowest BCUT2D eigenvalue weighted by Crippen LogP contribution is -2.26. The zero-order valence-electron chi connectivity index (χ0n) is 9.50. The summed E-state index contributed by atoms with van der Waals surface area (Å²) in [6.45, 7) is 2.46. The second-order valence-corrected chi connectivity index (χ2v) is 3.75. The highest BCUT2D eigenvalue weighted by atomic mass is 35.5. The SMILES string of the molecule is CCN(CCC#N)c1cc(Cl)nc(C(F)(F)F)n1. The fourth-order valence-corrected chi connectivity index (χ4v) is 1.49. The minimum atomic E-state index is -4.64. The van der Waals surface area contributed by atoms with Crippen molar-refractivity contribution in [2.24, 2.45) is 0 Å². The van der Waals surface area contributed by atoms with Crippen LogP contribution in [0.25, 0.3) is 0 Å². The molecule has 0 N–H and O–H groups in total. The lowest BCUT2D eigenvalue weighted by atomic mass is 10.4. The van der Waals surface area contributed by atoms with Crippen LogP contribution in [0.4, 0.5) is 19.0 Å². The van der Waals surface area contributed by atoms with Crippen molar-refractivity contribution in [3.05, 3.63) is 17.0 Å². The Morgan fingerprint density at radius 1 is 1.44 bits per heavy atom. The molecule has 1 aromatic heterocycles. The Balaban J connectivity index is 3.08. The summed E-state index contributed by atoms with van der Waals surface area (Å²) in [6.07, 6.45) is -4.45. The van der Waals surface area contributed by atoms with Crippen LogP contribution in [0.15, 0.2) is 6.07 Å². The van der Waals surface area contributed by atoms with Crippen LogP contribution < -0.4 is 4.90 Å². The number of anilines is 1. The molecule has 0 amide bonds. The summed E-state index contributed by atoms with van der Waals surface area (Å²) in [5, 5.41) is 8.21. The van der Waals surface area contributed by atoms with Gasteiger partial charge in [0.1, 0.15) is 11.0 Å². The zero-order chi connectivity index (χ0) is 13.8. The van der Waals surface area contributed by atoms with E-state index in [0.29, 0.717) is 6.54 Å². The Bertz CT molecular complexity index is 455. The lowest BCUT2D eigenvalue weighted by Gasteiger charge is -2.21. The van der Waals surface area contributed by atoms with E-state index >= 15 is 0 Å². The van der Waals surface area contributed by atoms with Gasteiger partial charge in [0.15, 0.2) is 0 Å². The van der Waals surface area contributed by atoms with Gasteiger partial charge in [0.05, 0.1) is 12.5 Å². The first-order valence-corrected chi connectivity index (χ1v) is 5.50. The second-order valence-electron chi connectivity index (χ2n) is 3.36. The van der Waals surface area contributed by atoms with Crippen molar-refractivity contribution in [2.75, 3.05) is 18.0 Å². The first-order chi connectivity index (χ1) is 8.38. The number of aromatic nitrogens is 2. The fourth-order valence-electron chi connectivity index (χ4n) is 1.31. The molecule has 0 aliphatic rings. The summed E-state index contributed by atoms with van der Waals surface area (Å²) in [7, 11) is 0. The van der Waals surface area contributed by atoms with E-state index in [1.165, 1.54) is 11.0 Å². The van der Waals surface area contributed by atoms with Gasteiger partial charge >= 0.3 is 6.18 Å². The number of halogens is 4. The number of rotatable bonds is 4. The molecule has 8 heteroatoms. The van der Waals surface area contributed by atoms with E-state index in [-0.39, 0.29) is 23.9 Å². The van der Waals surface area contributed by atoms with Crippen molar-refractivity contribution in [1.29, 1.82) is 5.26 Å². The molecule has 0 fully saturated rings. The number of alkyl halides is 3. The summed E-state index contributed by atoms with van der Waals surface area (Å²) in [6, 6.07) is 3.17. The molecule has 1 heterocycles. The third-order valence-electron chi connectivity index (χ3n) is 2.13. The van der Waals surface area contributed by atoms with Gasteiger partial charge in [-0.3, -0.25) is 0 Å². The van der Waals surface area contributed by atoms with Crippen LogP contribution in [0.5, 0.6) is 0 Å². The van der Waals surface area contributed by atoms with Gasteiger partial charge in [-0.2, -0.15) is 18.4 Å². The van der Waals surface area contributed by atoms with Crippen LogP contribution in [0.3, 0.4) is 0 Å². The first kappa shape index (κ1) is 14.5. The zero-order valence-corrected chi connectivity index (χ0v) is 10.3. The minimum absolute atomic E-state index is 0.0695. The van der Waals surface area contributed by atoms with E-state index in [1.807, 2.05) is 6.07 Å². The van der Waals surface area contributed by atoms with Gasteiger partial charge in [0, 0.05) is 19.2 Å².